The van der Waals surface area contributed by atoms with Crippen LogP contribution in [0.3, 0.4) is 0 Å². The SMILES string of the molecule is C[C@@H](O)COc1ccc(-c2nccs2)c2oc(N3CC4CC(C3)N4C(=O)OC(C)(C)C)nc12. The predicted octanol–water partition coefficient (Wildman–Crippen LogP) is 3.91. The highest BCUT2D eigenvalue weighted by molar-refractivity contribution is 7.13. The molecule has 6 rings (SSSR count). The third-order valence-corrected chi connectivity index (χ3v) is 6.51. The second-order valence-corrected chi connectivity index (χ2v) is 10.5. The van der Waals surface area contributed by atoms with Gasteiger partial charge in [0.1, 0.15) is 23.0 Å². The van der Waals surface area contributed by atoms with E-state index < -0.39 is 11.7 Å². The number of aliphatic hydroxyl groups is 1. The third-order valence-electron chi connectivity index (χ3n) is 5.71. The maximum Gasteiger partial charge on any atom is 0.410 e. The molecule has 3 fully saturated rings. The van der Waals surface area contributed by atoms with E-state index in [1.165, 1.54) is 11.3 Å². The van der Waals surface area contributed by atoms with Crippen LogP contribution in [0.2, 0.25) is 0 Å². The Morgan fingerprint density at radius 3 is 2.73 bits per heavy atom. The Kier molecular flexibility index (Phi) is 5.44. The number of ether oxygens (including phenoxy) is 2. The van der Waals surface area contributed by atoms with Crippen molar-refractivity contribution in [2.24, 2.45) is 0 Å². The minimum atomic E-state index is -0.599. The Bertz CT molecular complexity index is 1140. The first-order valence-corrected chi connectivity index (χ1v) is 12.0. The number of aromatic nitrogens is 2. The first-order chi connectivity index (χ1) is 15.7. The van der Waals surface area contributed by atoms with E-state index >= 15 is 0 Å². The van der Waals surface area contributed by atoms with Gasteiger partial charge in [0.2, 0.25) is 0 Å². The molecule has 2 unspecified atom stereocenters. The maximum atomic E-state index is 12.6. The summed E-state index contributed by atoms with van der Waals surface area (Å²) in [5.74, 6) is 0.554. The summed E-state index contributed by atoms with van der Waals surface area (Å²) in [6, 6.07) is 4.38. The van der Waals surface area contributed by atoms with Crippen molar-refractivity contribution in [2.75, 3.05) is 24.6 Å². The summed E-state index contributed by atoms with van der Waals surface area (Å²) in [5, 5.41) is 12.4. The number of thiazole rings is 1. The second-order valence-electron chi connectivity index (χ2n) is 9.62. The number of carbonyl (C=O) groups excluding carboxylic acids is 1. The summed E-state index contributed by atoms with van der Waals surface area (Å²) in [7, 11) is 0. The van der Waals surface area contributed by atoms with Crippen LogP contribution in [0.5, 0.6) is 5.75 Å². The molecule has 3 atom stereocenters. The molecule has 2 aromatic heterocycles. The van der Waals surface area contributed by atoms with E-state index in [9.17, 15) is 9.90 Å². The lowest BCUT2D eigenvalue weighted by Crippen LogP contribution is -2.70. The van der Waals surface area contributed by atoms with E-state index in [1.54, 1.807) is 13.1 Å². The smallest absolute Gasteiger partial charge is 0.410 e. The number of hydrogen-bond donors (Lipinski definition) is 1. The summed E-state index contributed by atoms with van der Waals surface area (Å²) in [6.45, 7) is 8.71. The van der Waals surface area contributed by atoms with Gasteiger partial charge in [0.25, 0.3) is 6.01 Å². The number of rotatable bonds is 5. The molecule has 3 aromatic rings. The van der Waals surface area contributed by atoms with Crippen molar-refractivity contribution in [2.45, 2.75) is 57.9 Å². The molecule has 176 valence electrons. The van der Waals surface area contributed by atoms with Gasteiger partial charge in [0.05, 0.1) is 23.8 Å². The van der Waals surface area contributed by atoms with Crippen LogP contribution in [0, 0.1) is 0 Å². The molecule has 33 heavy (non-hydrogen) atoms. The van der Waals surface area contributed by atoms with Gasteiger partial charge in [-0.15, -0.1) is 11.3 Å². The molecule has 3 aliphatic rings. The molecule has 1 N–H and O–H groups in total. The van der Waals surface area contributed by atoms with E-state index in [4.69, 9.17) is 18.9 Å². The number of carbonyl (C=O) groups is 1. The van der Waals surface area contributed by atoms with Crippen molar-refractivity contribution in [1.29, 1.82) is 0 Å². The first kappa shape index (κ1) is 22.0. The van der Waals surface area contributed by atoms with Crippen molar-refractivity contribution in [1.82, 2.24) is 14.9 Å². The van der Waals surface area contributed by atoms with Gasteiger partial charge in [-0.2, -0.15) is 4.98 Å². The molecule has 0 saturated carbocycles. The van der Waals surface area contributed by atoms with Crippen LogP contribution in [0.25, 0.3) is 21.7 Å². The Labute approximate surface area is 195 Å². The van der Waals surface area contributed by atoms with Crippen molar-refractivity contribution >= 4 is 34.5 Å². The minimum Gasteiger partial charge on any atom is -0.488 e. The van der Waals surface area contributed by atoms with E-state index in [1.807, 2.05) is 43.2 Å². The molecule has 1 amide bonds. The van der Waals surface area contributed by atoms with Crippen molar-refractivity contribution in [3.63, 3.8) is 0 Å². The van der Waals surface area contributed by atoms with Gasteiger partial charge in [0, 0.05) is 24.7 Å². The molecule has 10 heteroatoms. The Balaban J connectivity index is 1.42. The first-order valence-electron chi connectivity index (χ1n) is 11.1. The molecule has 0 aliphatic carbocycles. The van der Waals surface area contributed by atoms with Crippen LogP contribution in [0.1, 0.15) is 34.1 Å². The second kappa shape index (κ2) is 8.18. The third kappa shape index (κ3) is 4.24. The number of amides is 1. The number of nitrogens with zero attached hydrogens (tertiary/aromatic N) is 4. The van der Waals surface area contributed by atoms with Gasteiger partial charge in [0.15, 0.2) is 11.1 Å². The number of piperazine rings is 1. The summed E-state index contributed by atoms with van der Waals surface area (Å²) in [6.07, 6.45) is 1.84. The highest BCUT2D eigenvalue weighted by atomic mass is 32.1. The maximum absolute atomic E-state index is 12.6. The van der Waals surface area contributed by atoms with Gasteiger partial charge < -0.3 is 23.9 Å². The monoisotopic (exact) mass is 472 g/mol. The minimum absolute atomic E-state index is 0.0676. The number of oxazole rings is 1. The quantitative estimate of drug-likeness (QED) is 0.597. The van der Waals surface area contributed by atoms with Crippen LogP contribution in [0.15, 0.2) is 28.1 Å². The zero-order valence-corrected chi connectivity index (χ0v) is 20.0. The zero-order chi connectivity index (χ0) is 23.3. The number of hydrogen-bond acceptors (Lipinski definition) is 9. The van der Waals surface area contributed by atoms with Gasteiger partial charge in [-0.1, -0.05) is 0 Å². The average molecular weight is 473 g/mol. The standard InChI is InChI=1S/C23H28N4O5S/c1-13(28)12-30-17-6-5-16(20-24-7-8-33-20)19-18(17)25-21(31-19)26-10-14-9-15(11-26)27(14)22(29)32-23(2,3)4/h5-8,13-15,28H,9-12H2,1-4H3/t13-,14?,15?/m1/s1. The van der Waals surface area contributed by atoms with Crippen LogP contribution < -0.4 is 9.64 Å². The normalized spacial score (nSPS) is 21.1. The fourth-order valence-corrected chi connectivity index (χ4v) is 5.00. The lowest BCUT2D eigenvalue weighted by molar-refractivity contribution is -0.0386. The summed E-state index contributed by atoms with van der Waals surface area (Å²) in [4.78, 5) is 25.7. The molecule has 0 spiro atoms. The van der Waals surface area contributed by atoms with Gasteiger partial charge in [-0.3, -0.25) is 4.90 Å². The fourth-order valence-electron chi connectivity index (χ4n) is 4.34. The van der Waals surface area contributed by atoms with Gasteiger partial charge >= 0.3 is 6.09 Å². The van der Waals surface area contributed by atoms with E-state index in [0.717, 1.165) is 17.0 Å². The van der Waals surface area contributed by atoms with Gasteiger partial charge in [-0.25, -0.2) is 9.78 Å². The number of benzene rings is 1. The Morgan fingerprint density at radius 1 is 1.33 bits per heavy atom. The Morgan fingerprint density at radius 2 is 2.09 bits per heavy atom. The van der Waals surface area contributed by atoms with Crippen LogP contribution in [-0.2, 0) is 4.74 Å². The van der Waals surface area contributed by atoms with E-state index in [-0.39, 0.29) is 24.8 Å². The highest BCUT2D eigenvalue weighted by Crippen LogP contribution is 2.40. The Hall–Kier alpha value is -2.85. The lowest BCUT2D eigenvalue weighted by Gasteiger charge is -2.55. The highest BCUT2D eigenvalue weighted by Gasteiger charge is 2.49. The largest absolute Gasteiger partial charge is 0.488 e. The van der Waals surface area contributed by atoms with E-state index in [0.29, 0.717) is 36.0 Å². The zero-order valence-electron chi connectivity index (χ0n) is 19.1. The molecule has 2 bridgehead atoms. The van der Waals surface area contributed by atoms with Gasteiger partial charge in [-0.05, 0) is 46.2 Å². The molecule has 9 nitrogen and oxygen atoms in total. The van der Waals surface area contributed by atoms with Crippen molar-refractivity contribution in [3.05, 3.63) is 23.7 Å². The molecule has 5 heterocycles. The lowest BCUT2D eigenvalue weighted by atomic mass is 9.88. The number of aliphatic hydroxyl groups excluding tert-OH is 1. The number of piperidine rings is 1. The summed E-state index contributed by atoms with van der Waals surface area (Å²) < 4.78 is 17.6. The fraction of sp³-hybridized carbons (Fsp3) is 0.522. The van der Waals surface area contributed by atoms with Crippen LogP contribution in [-0.4, -0.2) is 69.6 Å². The van der Waals surface area contributed by atoms with E-state index in [2.05, 4.69) is 9.88 Å². The number of anilines is 1. The molecule has 3 saturated heterocycles. The molecule has 3 aliphatic heterocycles. The molecule has 1 aromatic carbocycles. The molecular formula is C23H28N4O5S. The number of fused-ring (bicyclic) bond motifs is 3. The molecular weight excluding hydrogens is 444 g/mol. The van der Waals surface area contributed by atoms with Crippen LogP contribution >= 0.6 is 11.3 Å². The summed E-state index contributed by atoms with van der Waals surface area (Å²) >= 11 is 1.52. The average Bonchev–Trinajstić information content (AvgIpc) is 3.41. The summed E-state index contributed by atoms with van der Waals surface area (Å²) in [5.41, 5.74) is 1.53. The van der Waals surface area contributed by atoms with Crippen molar-refractivity contribution < 1.29 is 23.8 Å². The van der Waals surface area contributed by atoms with Crippen LogP contribution in [0.4, 0.5) is 10.8 Å². The predicted molar refractivity (Wildman–Crippen MR) is 125 cm³/mol. The molecule has 0 radical (unpaired) electrons. The van der Waals surface area contributed by atoms with Crippen molar-refractivity contribution in [3.8, 4) is 16.3 Å². The topological polar surface area (TPSA) is 101 Å².